The van der Waals surface area contributed by atoms with Gasteiger partial charge in [-0.3, -0.25) is 14.4 Å². The molecule has 6 nitrogen and oxygen atoms in total. The van der Waals surface area contributed by atoms with Crippen LogP contribution in [-0.2, 0) is 14.4 Å². The Hall–Kier alpha value is -0.00558. The Balaban J connectivity index is -0.000000262. The van der Waals surface area contributed by atoms with Crippen LogP contribution in [0.15, 0.2) is 0 Å². The number of carbonyl (C=O) groups is 3. The summed E-state index contributed by atoms with van der Waals surface area (Å²) >= 11 is 0. The van der Waals surface area contributed by atoms with Gasteiger partial charge in [0.15, 0.2) is 0 Å². The second-order valence-corrected chi connectivity index (χ2v) is 11.9. The van der Waals surface area contributed by atoms with Crippen molar-refractivity contribution in [2.75, 3.05) is 0 Å². The number of hydrogen-bond acceptors (Lipinski definition) is 3. The molecule has 0 unspecified atom stereocenters. The van der Waals surface area contributed by atoms with Crippen molar-refractivity contribution < 1.29 is 79.1 Å². The topological polar surface area (TPSA) is 112 Å². The van der Waals surface area contributed by atoms with E-state index in [2.05, 4.69) is 20.8 Å². The molecule has 0 bridgehead atoms. The normalized spacial score (nSPS) is 10.1. The largest absolute Gasteiger partial charge is 0.481 e. The minimum atomic E-state index is -0.659. The summed E-state index contributed by atoms with van der Waals surface area (Å²) in [5.41, 5.74) is 0. The van der Waals surface area contributed by atoms with Crippen LogP contribution in [0, 0.1) is 49.4 Å². The fourth-order valence-electron chi connectivity index (χ4n) is 4.76. The first-order chi connectivity index (χ1) is 20.3. The van der Waals surface area contributed by atoms with Crippen molar-refractivity contribution in [1.82, 2.24) is 0 Å². The van der Waals surface area contributed by atoms with E-state index >= 15 is 0 Å². The third kappa shape index (κ3) is 61.7. The molecule has 0 spiro atoms. The standard InChI is InChI=1S/3C12H24O2.Eu/c3*1-2-3-4-5-6-7-8-9-10-11-12(13)14;/h3*2-11H2,1H3,(H,13,14);. The molecule has 0 aliphatic carbocycles. The van der Waals surface area contributed by atoms with Gasteiger partial charge >= 0.3 is 17.9 Å². The van der Waals surface area contributed by atoms with Gasteiger partial charge in [0.1, 0.15) is 0 Å². The van der Waals surface area contributed by atoms with E-state index in [4.69, 9.17) is 15.3 Å². The zero-order valence-electron chi connectivity index (χ0n) is 28.7. The number of unbranched alkanes of at least 4 members (excludes halogenated alkanes) is 24. The summed E-state index contributed by atoms with van der Waals surface area (Å²) in [5, 5.41) is 25.2. The van der Waals surface area contributed by atoms with E-state index in [-0.39, 0.29) is 49.4 Å². The number of rotatable bonds is 30. The molecule has 43 heavy (non-hydrogen) atoms. The maximum absolute atomic E-state index is 10.2. The number of aliphatic carboxylic acids is 3. The molecule has 259 valence electrons. The van der Waals surface area contributed by atoms with Crippen LogP contribution in [0.25, 0.3) is 0 Å². The summed E-state index contributed by atoms with van der Waals surface area (Å²) in [6.07, 6.45) is 34.4. The fraction of sp³-hybridized carbons (Fsp3) is 0.917. The maximum Gasteiger partial charge on any atom is 0.303 e. The van der Waals surface area contributed by atoms with Crippen LogP contribution in [0.3, 0.4) is 0 Å². The Bertz CT molecular complexity index is 480. The first-order valence-corrected chi connectivity index (χ1v) is 18.0. The molecule has 3 N–H and O–H groups in total. The van der Waals surface area contributed by atoms with E-state index in [1.54, 1.807) is 0 Å². The van der Waals surface area contributed by atoms with Crippen LogP contribution in [0.5, 0.6) is 0 Å². The average molecular weight is 753 g/mol. The zero-order valence-corrected chi connectivity index (χ0v) is 31.1. The van der Waals surface area contributed by atoms with Gasteiger partial charge in [-0.25, -0.2) is 0 Å². The smallest absolute Gasteiger partial charge is 0.303 e. The second-order valence-electron chi connectivity index (χ2n) is 11.9. The Kier molecular flexibility index (Phi) is 53.8. The van der Waals surface area contributed by atoms with Gasteiger partial charge in [-0.05, 0) is 19.3 Å². The van der Waals surface area contributed by atoms with E-state index in [0.29, 0.717) is 19.3 Å². The molecule has 0 aromatic rings. The number of hydrogen-bond donors (Lipinski definition) is 3. The molecule has 0 aromatic heterocycles. The molecule has 0 saturated carbocycles. The van der Waals surface area contributed by atoms with Gasteiger partial charge in [0.2, 0.25) is 0 Å². The van der Waals surface area contributed by atoms with E-state index in [0.717, 1.165) is 38.5 Å². The maximum atomic E-state index is 10.2. The Morgan fingerprint density at radius 3 is 0.581 bits per heavy atom. The summed E-state index contributed by atoms with van der Waals surface area (Å²) in [6, 6.07) is 0. The molecule has 0 aliphatic rings. The molecular formula is C36H72EuO6. The average Bonchev–Trinajstić information content (AvgIpc) is 2.95. The van der Waals surface area contributed by atoms with Crippen molar-refractivity contribution >= 4 is 17.9 Å². The first-order valence-electron chi connectivity index (χ1n) is 18.0. The Morgan fingerprint density at radius 2 is 0.442 bits per heavy atom. The molecule has 1 radical (unpaired) electrons. The van der Waals surface area contributed by atoms with E-state index in [1.165, 1.54) is 135 Å². The van der Waals surface area contributed by atoms with Gasteiger partial charge in [-0.15, -0.1) is 0 Å². The molecule has 0 saturated heterocycles. The van der Waals surface area contributed by atoms with Crippen LogP contribution in [-0.4, -0.2) is 33.2 Å². The van der Waals surface area contributed by atoms with Crippen LogP contribution in [0.2, 0.25) is 0 Å². The van der Waals surface area contributed by atoms with Crippen molar-refractivity contribution in [3.63, 3.8) is 0 Å². The van der Waals surface area contributed by atoms with Gasteiger partial charge in [0.25, 0.3) is 0 Å². The SMILES string of the molecule is CCCCCCCCCCCC(=O)O.CCCCCCCCCCCC(=O)O.CCCCCCCCCCCC(=O)O.[Eu]. The summed E-state index contributed by atoms with van der Waals surface area (Å²) in [7, 11) is 0. The monoisotopic (exact) mass is 753 g/mol. The second kappa shape index (κ2) is 46.4. The molecule has 0 amide bonds. The number of carboxylic acid groups (broad SMARTS) is 3. The summed E-state index contributed by atoms with van der Waals surface area (Å²) < 4.78 is 0. The van der Waals surface area contributed by atoms with E-state index in [9.17, 15) is 14.4 Å². The predicted molar refractivity (Wildman–Crippen MR) is 178 cm³/mol. The minimum absolute atomic E-state index is 0. The van der Waals surface area contributed by atoms with Crippen molar-refractivity contribution in [3.8, 4) is 0 Å². The van der Waals surface area contributed by atoms with Gasteiger partial charge in [0.05, 0.1) is 0 Å². The summed E-state index contributed by atoms with van der Waals surface area (Å²) in [6.45, 7) is 6.68. The van der Waals surface area contributed by atoms with Crippen LogP contribution in [0.1, 0.15) is 213 Å². The van der Waals surface area contributed by atoms with Crippen molar-refractivity contribution in [1.29, 1.82) is 0 Å². The molecule has 7 heteroatoms. The molecule has 0 aliphatic heterocycles. The molecule has 0 aromatic carbocycles. The van der Waals surface area contributed by atoms with Gasteiger partial charge < -0.3 is 15.3 Å². The summed E-state index contributed by atoms with van der Waals surface area (Å²) in [5.74, 6) is -1.98. The fourth-order valence-corrected chi connectivity index (χ4v) is 4.76. The molecule has 0 atom stereocenters. The number of carboxylic acids is 3. The Morgan fingerprint density at radius 1 is 0.302 bits per heavy atom. The zero-order chi connectivity index (χ0) is 31.9. The van der Waals surface area contributed by atoms with Crippen LogP contribution >= 0.6 is 0 Å². The molecule has 0 fully saturated rings. The van der Waals surface area contributed by atoms with Gasteiger partial charge in [0, 0.05) is 68.6 Å². The van der Waals surface area contributed by atoms with Crippen molar-refractivity contribution in [2.45, 2.75) is 213 Å². The first kappa shape index (κ1) is 49.9. The third-order valence-electron chi connectivity index (χ3n) is 7.48. The van der Waals surface area contributed by atoms with Gasteiger partial charge in [-0.2, -0.15) is 0 Å². The van der Waals surface area contributed by atoms with E-state index < -0.39 is 17.9 Å². The third-order valence-corrected chi connectivity index (χ3v) is 7.48. The van der Waals surface area contributed by atoms with E-state index in [1.807, 2.05) is 0 Å². The predicted octanol–water partition coefficient (Wildman–Crippen LogP) is 12.0. The minimum Gasteiger partial charge on any atom is -0.481 e. The molecule has 0 rings (SSSR count). The molecular weight excluding hydrogens is 680 g/mol. The molecule has 0 heterocycles. The quantitative estimate of drug-likeness (QED) is 0.0630. The van der Waals surface area contributed by atoms with Crippen LogP contribution in [0.4, 0.5) is 0 Å². The van der Waals surface area contributed by atoms with Crippen molar-refractivity contribution in [2.24, 2.45) is 0 Å². The van der Waals surface area contributed by atoms with Crippen LogP contribution < -0.4 is 0 Å². The summed E-state index contributed by atoms with van der Waals surface area (Å²) in [4.78, 5) is 30.6. The van der Waals surface area contributed by atoms with Gasteiger partial charge in [-0.1, -0.05) is 175 Å². The van der Waals surface area contributed by atoms with Crippen molar-refractivity contribution in [3.05, 3.63) is 0 Å². The Labute approximate surface area is 307 Å².